The van der Waals surface area contributed by atoms with Gasteiger partial charge in [0.15, 0.2) is 11.5 Å². The summed E-state index contributed by atoms with van der Waals surface area (Å²) in [5, 5.41) is 2.77. The molecule has 1 N–H and O–H groups in total. The number of ether oxygens (including phenoxy) is 2. The largest absolute Gasteiger partial charge is 0.486 e. The molecule has 6 heteroatoms. The van der Waals surface area contributed by atoms with Crippen molar-refractivity contribution in [1.29, 1.82) is 0 Å². The quantitative estimate of drug-likeness (QED) is 0.808. The van der Waals surface area contributed by atoms with E-state index in [1.54, 1.807) is 0 Å². The monoisotopic (exact) mass is 386 g/mol. The molecule has 6 nitrogen and oxygen atoms in total. The van der Waals surface area contributed by atoms with E-state index in [2.05, 4.69) is 29.3 Å². The Morgan fingerprint density at radius 2 is 1.86 bits per heavy atom. The van der Waals surface area contributed by atoms with E-state index in [1.165, 1.54) is 30.9 Å². The fourth-order valence-electron chi connectivity index (χ4n) is 5.06. The third-order valence-corrected chi connectivity index (χ3v) is 6.50. The van der Waals surface area contributed by atoms with Crippen LogP contribution in [-0.2, 0) is 15.0 Å². The summed E-state index contributed by atoms with van der Waals surface area (Å²) < 4.78 is 11.7. The van der Waals surface area contributed by atoms with Gasteiger partial charge >= 0.3 is 0 Å². The Bertz CT molecular complexity index is 770. The molecule has 0 unspecified atom stereocenters. The van der Waals surface area contributed by atoms with Gasteiger partial charge in [0.2, 0.25) is 11.8 Å². The van der Waals surface area contributed by atoms with E-state index in [4.69, 9.17) is 9.47 Å². The first-order valence-electron chi connectivity index (χ1n) is 10.5. The number of nitrogens with one attached hydrogen (secondary N) is 1. The normalized spacial score (nSPS) is 22.1. The molecule has 4 rings (SSSR count). The minimum Gasteiger partial charge on any atom is -0.486 e. The lowest BCUT2D eigenvalue weighted by atomic mass is 9.71. The van der Waals surface area contributed by atoms with Crippen LogP contribution in [0.1, 0.15) is 69.5 Å². The van der Waals surface area contributed by atoms with Crippen LogP contribution in [0.4, 0.5) is 0 Å². The summed E-state index contributed by atoms with van der Waals surface area (Å²) in [5.41, 5.74) is 2.59. The Balaban J connectivity index is 1.60. The summed E-state index contributed by atoms with van der Waals surface area (Å²) in [6, 6.07) is 4.31. The van der Waals surface area contributed by atoms with Crippen LogP contribution in [0.3, 0.4) is 0 Å². The van der Waals surface area contributed by atoms with E-state index < -0.39 is 0 Å². The molecule has 1 fully saturated rings. The van der Waals surface area contributed by atoms with Gasteiger partial charge in [0.1, 0.15) is 13.2 Å². The van der Waals surface area contributed by atoms with Crippen molar-refractivity contribution in [2.24, 2.45) is 0 Å². The van der Waals surface area contributed by atoms with Gasteiger partial charge in [-0.15, -0.1) is 0 Å². The number of nitrogens with zero attached hydrogens (tertiary/aromatic N) is 1. The molecule has 1 atom stereocenters. The van der Waals surface area contributed by atoms with E-state index in [0.717, 1.165) is 30.9 Å². The van der Waals surface area contributed by atoms with Gasteiger partial charge in [0, 0.05) is 31.8 Å². The molecule has 2 heterocycles. The summed E-state index contributed by atoms with van der Waals surface area (Å²) in [4.78, 5) is 26.1. The Kier molecular flexibility index (Phi) is 5.21. The van der Waals surface area contributed by atoms with Crippen molar-refractivity contribution < 1.29 is 19.1 Å². The fraction of sp³-hybridized carbons (Fsp3) is 0.636. The van der Waals surface area contributed by atoms with E-state index in [9.17, 15) is 9.59 Å². The van der Waals surface area contributed by atoms with Gasteiger partial charge < -0.3 is 19.7 Å². The number of benzene rings is 1. The lowest BCUT2D eigenvalue weighted by Gasteiger charge is -2.46. The Morgan fingerprint density at radius 1 is 1.18 bits per heavy atom. The highest BCUT2D eigenvalue weighted by molar-refractivity contribution is 5.78. The van der Waals surface area contributed by atoms with Crippen molar-refractivity contribution in [1.82, 2.24) is 10.2 Å². The van der Waals surface area contributed by atoms with Crippen molar-refractivity contribution in [2.45, 2.75) is 63.8 Å². The van der Waals surface area contributed by atoms with Crippen LogP contribution in [0.5, 0.6) is 11.5 Å². The minimum atomic E-state index is -0.0513. The van der Waals surface area contributed by atoms with Crippen LogP contribution in [0, 0.1) is 0 Å². The van der Waals surface area contributed by atoms with Gasteiger partial charge in [-0.25, -0.2) is 0 Å². The zero-order valence-corrected chi connectivity index (χ0v) is 16.9. The van der Waals surface area contributed by atoms with Gasteiger partial charge in [-0.1, -0.05) is 12.8 Å². The van der Waals surface area contributed by atoms with Gasteiger partial charge in [-0.3, -0.25) is 9.59 Å². The number of hydrogen-bond donors (Lipinski definition) is 1. The highest BCUT2D eigenvalue weighted by atomic mass is 16.6. The number of amides is 2. The zero-order valence-electron chi connectivity index (χ0n) is 16.9. The number of carbonyl (C=O) groups is 2. The summed E-state index contributed by atoms with van der Waals surface area (Å²) in [6.07, 6.45) is 5.76. The lowest BCUT2D eigenvalue weighted by molar-refractivity contribution is -0.135. The summed E-state index contributed by atoms with van der Waals surface area (Å²) in [7, 11) is 0. The molecular formula is C22H30N2O4. The first kappa shape index (κ1) is 19.1. The molecule has 28 heavy (non-hydrogen) atoms. The lowest BCUT2D eigenvalue weighted by Crippen LogP contribution is -2.48. The standard InChI is InChI=1S/C22H30N2O4/c1-15-17-12-19-20(28-11-10-27-19)13-18(17)22(7-3-4-8-22)14-24(15)21(26)6-5-9-23-16(2)25/h12-13,15H,3-11,14H2,1-2H3,(H,23,25)/t15-/m0/s1. The molecular weight excluding hydrogens is 356 g/mol. The van der Waals surface area contributed by atoms with Crippen molar-refractivity contribution in [3.8, 4) is 11.5 Å². The summed E-state index contributed by atoms with van der Waals surface area (Å²) in [5.74, 6) is 1.76. The molecule has 2 aliphatic heterocycles. The highest BCUT2D eigenvalue weighted by Gasteiger charge is 2.46. The van der Waals surface area contributed by atoms with Crippen LogP contribution in [0.15, 0.2) is 12.1 Å². The average molecular weight is 386 g/mol. The topological polar surface area (TPSA) is 67.9 Å². The van der Waals surface area contributed by atoms with E-state index in [1.807, 2.05) is 0 Å². The van der Waals surface area contributed by atoms with Crippen LogP contribution in [-0.4, -0.2) is 43.0 Å². The Hall–Kier alpha value is -2.24. The molecule has 0 radical (unpaired) electrons. The number of hydrogen-bond acceptors (Lipinski definition) is 4. The second kappa shape index (κ2) is 7.64. The predicted octanol–water partition coefficient (Wildman–Crippen LogP) is 3.09. The molecule has 0 aromatic heterocycles. The second-order valence-corrected chi connectivity index (χ2v) is 8.35. The molecule has 1 aliphatic carbocycles. The molecule has 1 saturated carbocycles. The van der Waals surface area contributed by atoms with Gasteiger partial charge in [-0.2, -0.15) is 0 Å². The average Bonchev–Trinajstić information content (AvgIpc) is 3.16. The van der Waals surface area contributed by atoms with Crippen LogP contribution >= 0.6 is 0 Å². The maximum atomic E-state index is 13.0. The van der Waals surface area contributed by atoms with Crippen molar-refractivity contribution in [2.75, 3.05) is 26.3 Å². The van der Waals surface area contributed by atoms with Gasteiger partial charge in [-0.05, 0) is 49.4 Å². The SMILES string of the molecule is CC(=O)NCCCC(=O)N1CC2(CCCC2)c2cc3c(cc2[C@@H]1C)OCCO3. The van der Waals surface area contributed by atoms with E-state index >= 15 is 0 Å². The molecule has 1 aromatic carbocycles. The third-order valence-electron chi connectivity index (χ3n) is 6.50. The number of rotatable bonds is 4. The van der Waals surface area contributed by atoms with Crippen molar-refractivity contribution in [3.63, 3.8) is 0 Å². The van der Waals surface area contributed by atoms with Crippen molar-refractivity contribution in [3.05, 3.63) is 23.3 Å². The number of fused-ring (bicyclic) bond motifs is 3. The smallest absolute Gasteiger partial charge is 0.223 e. The Morgan fingerprint density at radius 3 is 2.54 bits per heavy atom. The van der Waals surface area contributed by atoms with E-state index in [0.29, 0.717) is 32.6 Å². The third kappa shape index (κ3) is 3.45. The van der Waals surface area contributed by atoms with E-state index in [-0.39, 0.29) is 23.3 Å². The molecule has 2 amide bonds. The molecule has 0 bridgehead atoms. The summed E-state index contributed by atoms with van der Waals surface area (Å²) >= 11 is 0. The van der Waals surface area contributed by atoms with Crippen LogP contribution < -0.4 is 14.8 Å². The molecule has 152 valence electrons. The van der Waals surface area contributed by atoms with Crippen LogP contribution in [0.25, 0.3) is 0 Å². The maximum absolute atomic E-state index is 13.0. The molecule has 1 aromatic rings. The highest BCUT2D eigenvalue weighted by Crippen LogP contribution is 2.52. The minimum absolute atomic E-state index is 0.0188. The predicted molar refractivity (Wildman–Crippen MR) is 106 cm³/mol. The fourth-order valence-corrected chi connectivity index (χ4v) is 5.06. The zero-order chi connectivity index (χ0) is 19.7. The first-order chi connectivity index (χ1) is 13.5. The maximum Gasteiger partial charge on any atom is 0.223 e. The van der Waals surface area contributed by atoms with Crippen LogP contribution in [0.2, 0.25) is 0 Å². The molecule has 1 spiro atoms. The van der Waals surface area contributed by atoms with Crippen molar-refractivity contribution >= 4 is 11.8 Å². The number of carbonyl (C=O) groups excluding carboxylic acids is 2. The molecule has 3 aliphatic rings. The Labute approximate surface area is 166 Å². The van der Waals surface area contributed by atoms with Gasteiger partial charge in [0.25, 0.3) is 0 Å². The van der Waals surface area contributed by atoms with Gasteiger partial charge in [0.05, 0.1) is 6.04 Å². The second-order valence-electron chi connectivity index (χ2n) is 8.35. The molecule has 0 saturated heterocycles. The summed E-state index contributed by atoms with van der Waals surface area (Å²) in [6.45, 7) is 6.10. The first-order valence-corrected chi connectivity index (χ1v) is 10.5.